The number of amides is 1. The zero-order valence-corrected chi connectivity index (χ0v) is 14.2. The molecule has 0 saturated heterocycles. The maximum absolute atomic E-state index is 12.7. The Morgan fingerprint density at radius 3 is 2.59 bits per heavy atom. The van der Waals surface area contributed by atoms with E-state index in [-0.39, 0.29) is 24.6 Å². The molecule has 0 saturated carbocycles. The van der Waals surface area contributed by atoms with Gasteiger partial charge in [0.1, 0.15) is 11.4 Å². The number of carbonyl (C=O) groups excluding carboxylic acids is 1. The molecule has 2 aromatic carbocycles. The van der Waals surface area contributed by atoms with Crippen molar-refractivity contribution in [1.29, 1.82) is 0 Å². The number of alkyl halides is 3. The number of benzene rings is 2. The molecule has 0 unspecified atom stereocenters. The quantitative estimate of drug-likeness (QED) is 0.555. The fourth-order valence-corrected chi connectivity index (χ4v) is 2.24. The van der Waals surface area contributed by atoms with E-state index in [0.29, 0.717) is 17.5 Å². The van der Waals surface area contributed by atoms with Crippen LogP contribution in [0.1, 0.15) is 12.0 Å². The molecule has 0 fully saturated rings. The molecule has 0 heterocycles. The minimum atomic E-state index is -4.68. The molecule has 0 aromatic heterocycles. The Balaban J connectivity index is 1.97. The first kappa shape index (κ1) is 20.0. The van der Waals surface area contributed by atoms with E-state index in [2.05, 4.69) is 10.6 Å². The van der Waals surface area contributed by atoms with Crippen LogP contribution in [0.25, 0.3) is 0 Å². The molecule has 1 amide bonds. The van der Waals surface area contributed by atoms with Crippen LogP contribution in [0.3, 0.4) is 0 Å². The predicted molar refractivity (Wildman–Crippen MR) is 92.8 cm³/mol. The lowest BCUT2D eigenvalue weighted by molar-refractivity contribution is -0.384. The number of rotatable bonds is 7. The molecule has 7 nitrogen and oxygen atoms in total. The largest absolute Gasteiger partial charge is 0.497 e. The Morgan fingerprint density at radius 1 is 1.22 bits per heavy atom. The Bertz CT molecular complexity index is 840. The Labute approximate surface area is 152 Å². The summed E-state index contributed by atoms with van der Waals surface area (Å²) in [5.74, 6) is 0.191. The molecule has 0 aliphatic carbocycles. The van der Waals surface area contributed by atoms with Crippen LogP contribution in [0.4, 0.5) is 30.2 Å². The van der Waals surface area contributed by atoms with Crippen molar-refractivity contribution in [2.24, 2.45) is 0 Å². The molecule has 0 spiro atoms. The molecule has 2 aromatic rings. The summed E-state index contributed by atoms with van der Waals surface area (Å²) in [5, 5.41) is 16.3. The Hall–Kier alpha value is -3.30. The van der Waals surface area contributed by atoms with Gasteiger partial charge in [0.15, 0.2) is 0 Å². The first-order valence-electron chi connectivity index (χ1n) is 7.74. The van der Waals surface area contributed by atoms with E-state index in [1.807, 2.05) is 0 Å². The molecule has 10 heteroatoms. The SMILES string of the molecule is COc1cccc(NC(=O)CCNc2ccc(C(F)(F)F)cc2[N+](=O)[O-])c1. The monoisotopic (exact) mass is 383 g/mol. The van der Waals surface area contributed by atoms with Gasteiger partial charge in [0.05, 0.1) is 17.6 Å². The van der Waals surface area contributed by atoms with Gasteiger partial charge in [-0.15, -0.1) is 0 Å². The van der Waals surface area contributed by atoms with Gasteiger partial charge in [-0.1, -0.05) is 6.07 Å². The van der Waals surface area contributed by atoms with Crippen molar-refractivity contribution in [1.82, 2.24) is 0 Å². The molecular formula is C17H16F3N3O4. The number of nitro benzene ring substituents is 1. The molecule has 144 valence electrons. The maximum atomic E-state index is 12.7. The normalized spacial score (nSPS) is 11.0. The number of hydrogen-bond acceptors (Lipinski definition) is 5. The fourth-order valence-electron chi connectivity index (χ4n) is 2.24. The second-order valence-corrected chi connectivity index (χ2v) is 5.44. The second kappa shape index (κ2) is 8.39. The number of nitrogens with zero attached hydrogens (tertiary/aromatic N) is 1. The number of ether oxygens (including phenoxy) is 1. The summed E-state index contributed by atoms with van der Waals surface area (Å²) in [5.41, 5.74) is -1.41. The van der Waals surface area contributed by atoms with E-state index in [1.54, 1.807) is 24.3 Å². The smallest absolute Gasteiger partial charge is 0.416 e. The number of nitrogens with one attached hydrogen (secondary N) is 2. The van der Waals surface area contributed by atoms with Crippen molar-refractivity contribution in [3.63, 3.8) is 0 Å². The van der Waals surface area contributed by atoms with Gasteiger partial charge in [-0.05, 0) is 24.3 Å². The number of methoxy groups -OCH3 is 1. The van der Waals surface area contributed by atoms with Crippen LogP contribution in [0.2, 0.25) is 0 Å². The van der Waals surface area contributed by atoms with Gasteiger partial charge in [0.25, 0.3) is 5.69 Å². The number of nitro groups is 1. The zero-order valence-electron chi connectivity index (χ0n) is 14.2. The van der Waals surface area contributed by atoms with Gasteiger partial charge < -0.3 is 15.4 Å². The highest BCUT2D eigenvalue weighted by Gasteiger charge is 2.33. The third-order valence-corrected chi connectivity index (χ3v) is 3.54. The van der Waals surface area contributed by atoms with E-state index in [9.17, 15) is 28.1 Å². The van der Waals surface area contributed by atoms with Crippen molar-refractivity contribution in [3.05, 3.63) is 58.1 Å². The third-order valence-electron chi connectivity index (χ3n) is 3.54. The molecule has 0 atom stereocenters. The molecule has 0 radical (unpaired) electrons. The predicted octanol–water partition coefficient (Wildman–Crippen LogP) is 4.06. The summed E-state index contributed by atoms with van der Waals surface area (Å²) in [6.07, 6.45) is -4.73. The average molecular weight is 383 g/mol. The van der Waals surface area contributed by atoms with Crippen LogP contribution >= 0.6 is 0 Å². The molecule has 0 bridgehead atoms. The van der Waals surface area contributed by atoms with Gasteiger partial charge in [-0.2, -0.15) is 13.2 Å². The molecule has 2 N–H and O–H groups in total. The minimum absolute atomic E-state index is 0.00199. The molecular weight excluding hydrogens is 367 g/mol. The number of anilines is 2. The highest BCUT2D eigenvalue weighted by atomic mass is 19.4. The fraction of sp³-hybridized carbons (Fsp3) is 0.235. The highest BCUT2D eigenvalue weighted by Crippen LogP contribution is 2.34. The molecule has 0 aliphatic rings. The van der Waals surface area contributed by atoms with Crippen molar-refractivity contribution in [3.8, 4) is 5.75 Å². The van der Waals surface area contributed by atoms with E-state index >= 15 is 0 Å². The lowest BCUT2D eigenvalue weighted by Crippen LogP contribution is -2.16. The summed E-state index contributed by atoms with van der Waals surface area (Å²) >= 11 is 0. The Kier molecular flexibility index (Phi) is 6.22. The first-order valence-corrected chi connectivity index (χ1v) is 7.74. The van der Waals surface area contributed by atoms with Crippen LogP contribution in [0, 0.1) is 10.1 Å². The standard InChI is InChI=1S/C17H16F3N3O4/c1-27-13-4-2-3-12(10-13)22-16(24)7-8-21-14-6-5-11(17(18,19)20)9-15(14)23(25)26/h2-6,9-10,21H,7-8H2,1H3,(H,22,24). The van der Waals surface area contributed by atoms with Gasteiger partial charge in [-0.3, -0.25) is 14.9 Å². The van der Waals surface area contributed by atoms with Crippen LogP contribution in [0.15, 0.2) is 42.5 Å². The Morgan fingerprint density at radius 2 is 1.96 bits per heavy atom. The number of hydrogen-bond donors (Lipinski definition) is 2. The third kappa shape index (κ3) is 5.59. The van der Waals surface area contributed by atoms with Gasteiger partial charge in [0, 0.05) is 30.8 Å². The number of halogens is 3. The molecule has 2 rings (SSSR count). The van der Waals surface area contributed by atoms with Crippen molar-refractivity contribution in [2.75, 3.05) is 24.3 Å². The average Bonchev–Trinajstić information content (AvgIpc) is 2.61. The van der Waals surface area contributed by atoms with Crippen molar-refractivity contribution >= 4 is 23.0 Å². The van der Waals surface area contributed by atoms with Gasteiger partial charge in [-0.25, -0.2) is 0 Å². The van der Waals surface area contributed by atoms with E-state index in [4.69, 9.17) is 4.74 Å². The summed E-state index contributed by atoms with van der Waals surface area (Å²) in [6.45, 7) is 0.00199. The van der Waals surface area contributed by atoms with Crippen LogP contribution in [-0.4, -0.2) is 24.5 Å². The van der Waals surface area contributed by atoms with Crippen LogP contribution in [-0.2, 0) is 11.0 Å². The van der Waals surface area contributed by atoms with E-state index < -0.39 is 22.4 Å². The molecule has 27 heavy (non-hydrogen) atoms. The lowest BCUT2D eigenvalue weighted by Gasteiger charge is -2.11. The second-order valence-electron chi connectivity index (χ2n) is 5.44. The van der Waals surface area contributed by atoms with E-state index in [1.165, 1.54) is 7.11 Å². The topological polar surface area (TPSA) is 93.5 Å². The van der Waals surface area contributed by atoms with E-state index in [0.717, 1.165) is 12.1 Å². The van der Waals surface area contributed by atoms with Gasteiger partial charge >= 0.3 is 6.18 Å². The van der Waals surface area contributed by atoms with Gasteiger partial charge in [0.2, 0.25) is 5.91 Å². The summed E-state index contributed by atoms with van der Waals surface area (Å²) in [7, 11) is 1.49. The van der Waals surface area contributed by atoms with Crippen molar-refractivity contribution in [2.45, 2.75) is 12.6 Å². The van der Waals surface area contributed by atoms with Crippen LogP contribution < -0.4 is 15.4 Å². The lowest BCUT2D eigenvalue weighted by atomic mass is 10.1. The molecule has 0 aliphatic heterocycles. The first-order chi connectivity index (χ1) is 12.7. The van der Waals surface area contributed by atoms with Crippen LogP contribution in [0.5, 0.6) is 5.75 Å². The van der Waals surface area contributed by atoms with Crippen molar-refractivity contribution < 1.29 is 27.6 Å². The minimum Gasteiger partial charge on any atom is -0.497 e. The summed E-state index contributed by atoms with van der Waals surface area (Å²) in [4.78, 5) is 22.0. The highest BCUT2D eigenvalue weighted by molar-refractivity contribution is 5.91. The maximum Gasteiger partial charge on any atom is 0.416 e. The zero-order chi connectivity index (χ0) is 20.0. The summed E-state index contributed by atoms with van der Waals surface area (Å²) in [6, 6.07) is 8.85. The summed E-state index contributed by atoms with van der Waals surface area (Å²) < 4.78 is 43.1. The number of carbonyl (C=O) groups is 1.